The second kappa shape index (κ2) is 9.85. The molecular formula is C23H32N6O2. The highest BCUT2D eigenvalue weighted by Gasteiger charge is 2.35. The van der Waals surface area contributed by atoms with E-state index in [0.29, 0.717) is 5.84 Å². The molecule has 8 heteroatoms. The van der Waals surface area contributed by atoms with Crippen molar-refractivity contribution < 1.29 is 10.0 Å². The van der Waals surface area contributed by atoms with Gasteiger partial charge in [-0.2, -0.15) is 0 Å². The molecule has 0 aliphatic carbocycles. The fourth-order valence-electron chi connectivity index (χ4n) is 4.57. The number of unbranched alkanes of at least 4 members (excludes halogenated alkanes) is 4. The SMILES string of the molecule is CCCCCCCn1cc(C2=NOC([C@@H]3CCCN3/C(N)=N/O)C=N2)c2ccccc21. The number of nitrogens with zero attached hydrogens (tertiary/aromatic N) is 5. The lowest BCUT2D eigenvalue weighted by Gasteiger charge is -2.29. The maximum Gasteiger partial charge on any atom is 0.233 e. The summed E-state index contributed by atoms with van der Waals surface area (Å²) in [5, 5.41) is 17.7. The Balaban J connectivity index is 1.49. The van der Waals surface area contributed by atoms with Gasteiger partial charge < -0.3 is 25.2 Å². The van der Waals surface area contributed by atoms with E-state index in [9.17, 15) is 0 Å². The molecule has 1 unspecified atom stereocenters. The fraction of sp³-hybridized carbons (Fsp3) is 0.522. The standard InChI is InChI=1S/C23H32N6O2/c1-2-3-4-5-8-13-28-16-18(17-10-6-7-11-19(17)28)22-25-15-21(31-27-22)20-12-9-14-29(20)23(24)26-30/h6-7,10-11,15-16,20-21,30H,2-5,8-9,12-14H2,1H3,(H2,24,26)/t20-,21?/m0/s1. The van der Waals surface area contributed by atoms with Gasteiger partial charge in [0.2, 0.25) is 11.8 Å². The van der Waals surface area contributed by atoms with Crippen LogP contribution in [0.5, 0.6) is 0 Å². The van der Waals surface area contributed by atoms with Crippen molar-refractivity contribution in [2.24, 2.45) is 21.0 Å². The van der Waals surface area contributed by atoms with Crippen molar-refractivity contribution in [1.29, 1.82) is 0 Å². The van der Waals surface area contributed by atoms with Crippen molar-refractivity contribution in [2.75, 3.05) is 6.54 Å². The first kappa shape index (κ1) is 21.2. The first-order chi connectivity index (χ1) is 15.2. The van der Waals surface area contributed by atoms with Gasteiger partial charge in [-0.25, -0.2) is 4.99 Å². The smallest absolute Gasteiger partial charge is 0.233 e. The van der Waals surface area contributed by atoms with E-state index in [1.807, 2.05) is 11.0 Å². The maximum absolute atomic E-state index is 9.03. The third-order valence-corrected chi connectivity index (χ3v) is 6.21. The van der Waals surface area contributed by atoms with Crippen LogP contribution < -0.4 is 5.73 Å². The number of fused-ring (bicyclic) bond motifs is 1. The number of guanidine groups is 1. The number of rotatable bonds is 8. The zero-order chi connectivity index (χ0) is 21.6. The van der Waals surface area contributed by atoms with E-state index in [1.54, 1.807) is 6.21 Å². The van der Waals surface area contributed by atoms with Gasteiger partial charge in [-0.1, -0.05) is 61.1 Å². The van der Waals surface area contributed by atoms with Crippen molar-refractivity contribution in [3.63, 3.8) is 0 Å². The molecule has 0 amide bonds. The van der Waals surface area contributed by atoms with E-state index in [0.717, 1.165) is 43.3 Å². The van der Waals surface area contributed by atoms with Crippen LogP contribution in [0.2, 0.25) is 0 Å². The van der Waals surface area contributed by atoms with E-state index in [-0.39, 0.29) is 18.1 Å². The van der Waals surface area contributed by atoms with E-state index in [1.165, 1.54) is 31.2 Å². The van der Waals surface area contributed by atoms with Gasteiger partial charge in [-0.15, -0.1) is 0 Å². The number of oxime groups is 2. The Morgan fingerprint density at radius 2 is 2.10 bits per heavy atom. The fourth-order valence-corrected chi connectivity index (χ4v) is 4.57. The van der Waals surface area contributed by atoms with Gasteiger partial charge in [0.05, 0.1) is 12.3 Å². The Morgan fingerprint density at radius 1 is 1.26 bits per heavy atom. The predicted octanol–water partition coefficient (Wildman–Crippen LogP) is 3.91. The molecule has 1 aromatic heterocycles. The Labute approximate surface area is 183 Å². The molecular weight excluding hydrogens is 392 g/mol. The van der Waals surface area contributed by atoms with Gasteiger partial charge in [0.1, 0.15) is 0 Å². The number of para-hydroxylation sites is 1. The number of likely N-dealkylation sites (tertiary alicyclic amines) is 1. The summed E-state index contributed by atoms with van der Waals surface area (Å²) in [4.78, 5) is 12.3. The van der Waals surface area contributed by atoms with Crippen LogP contribution in [0.15, 0.2) is 45.8 Å². The first-order valence-corrected chi connectivity index (χ1v) is 11.3. The predicted molar refractivity (Wildman–Crippen MR) is 124 cm³/mol. The highest BCUT2D eigenvalue weighted by Crippen LogP contribution is 2.26. The van der Waals surface area contributed by atoms with Gasteiger partial charge in [0.25, 0.3) is 0 Å². The van der Waals surface area contributed by atoms with Crippen LogP contribution in [-0.2, 0) is 11.4 Å². The van der Waals surface area contributed by atoms with Crippen molar-refractivity contribution in [3.05, 3.63) is 36.0 Å². The third-order valence-electron chi connectivity index (χ3n) is 6.21. The molecule has 8 nitrogen and oxygen atoms in total. The molecule has 3 N–H and O–H groups in total. The lowest BCUT2D eigenvalue weighted by Crippen LogP contribution is -2.48. The lowest BCUT2D eigenvalue weighted by atomic mass is 10.1. The summed E-state index contributed by atoms with van der Waals surface area (Å²) in [6.07, 6.45) is 11.7. The first-order valence-electron chi connectivity index (χ1n) is 11.3. The molecule has 0 bridgehead atoms. The molecule has 1 saturated heterocycles. The number of nitrogens with two attached hydrogens (primary N) is 1. The Bertz CT molecular complexity index is 980. The minimum atomic E-state index is -0.321. The van der Waals surface area contributed by atoms with Gasteiger partial charge in [-0.05, 0) is 25.3 Å². The molecule has 2 atom stereocenters. The highest BCUT2D eigenvalue weighted by atomic mass is 16.6. The van der Waals surface area contributed by atoms with E-state index < -0.39 is 0 Å². The van der Waals surface area contributed by atoms with Crippen LogP contribution in [0, 0.1) is 0 Å². The topological polar surface area (TPSA) is 101 Å². The zero-order valence-electron chi connectivity index (χ0n) is 18.2. The normalized spacial score (nSPS) is 21.5. The van der Waals surface area contributed by atoms with Gasteiger partial charge in [0.15, 0.2) is 6.10 Å². The summed E-state index contributed by atoms with van der Waals surface area (Å²) in [5.74, 6) is 0.696. The Hall–Kier alpha value is -3.03. The van der Waals surface area contributed by atoms with Crippen molar-refractivity contribution in [2.45, 2.75) is 70.6 Å². The summed E-state index contributed by atoms with van der Waals surface area (Å²) in [6, 6.07) is 8.34. The molecule has 2 aliphatic rings. The van der Waals surface area contributed by atoms with E-state index in [2.05, 4.69) is 51.2 Å². The number of amidine groups is 1. The van der Waals surface area contributed by atoms with Gasteiger partial charge in [-0.3, -0.25) is 0 Å². The van der Waals surface area contributed by atoms with Crippen LogP contribution >= 0.6 is 0 Å². The van der Waals surface area contributed by atoms with Crippen molar-refractivity contribution in [1.82, 2.24) is 9.47 Å². The molecule has 4 rings (SSSR count). The number of hydrogen-bond acceptors (Lipinski definition) is 5. The largest absolute Gasteiger partial charge is 0.408 e. The van der Waals surface area contributed by atoms with Crippen molar-refractivity contribution >= 4 is 28.9 Å². The van der Waals surface area contributed by atoms with Crippen molar-refractivity contribution in [3.8, 4) is 0 Å². The average molecular weight is 425 g/mol. The lowest BCUT2D eigenvalue weighted by molar-refractivity contribution is 0.0610. The molecule has 1 aromatic carbocycles. The average Bonchev–Trinajstić information content (AvgIpc) is 3.44. The second-order valence-corrected chi connectivity index (χ2v) is 8.29. The van der Waals surface area contributed by atoms with E-state index in [4.69, 9.17) is 15.8 Å². The molecule has 166 valence electrons. The molecule has 0 radical (unpaired) electrons. The highest BCUT2D eigenvalue weighted by molar-refractivity contribution is 6.12. The second-order valence-electron chi connectivity index (χ2n) is 8.29. The minimum Gasteiger partial charge on any atom is -0.408 e. The number of benzene rings is 1. The summed E-state index contributed by atoms with van der Waals surface area (Å²) in [6.45, 7) is 3.96. The molecule has 31 heavy (non-hydrogen) atoms. The maximum atomic E-state index is 9.03. The van der Waals surface area contributed by atoms with Crippen LogP contribution in [0.4, 0.5) is 0 Å². The third kappa shape index (κ3) is 4.52. The monoisotopic (exact) mass is 424 g/mol. The summed E-state index contributed by atoms with van der Waals surface area (Å²) < 4.78 is 2.30. The van der Waals surface area contributed by atoms with Gasteiger partial charge >= 0.3 is 0 Å². The Morgan fingerprint density at radius 3 is 2.87 bits per heavy atom. The number of hydrogen-bond donors (Lipinski definition) is 2. The minimum absolute atomic E-state index is 0.0330. The van der Waals surface area contributed by atoms with Crippen LogP contribution in [0.25, 0.3) is 10.9 Å². The molecule has 2 aromatic rings. The van der Waals surface area contributed by atoms with Crippen LogP contribution in [0.1, 0.15) is 57.4 Å². The Kier molecular flexibility index (Phi) is 6.74. The number of aromatic nitrogens is 1. The quantitative estimate of drug-likeness (QED) is 0.221. The molecule has 3 heterocycles. The summed E-state index contributed by atoms with van der Waals surface area (Å²) in [5.41, 5.74) is 7.99. The van der Waals surface area contributed by atoms with Crippen LogP contribution in [0.3, 0.4) is 0 Å². The van der Waals surface area contributed by atoms with Gasteiger partial charge in [0, 0.05) is 35.8 Å². The summed E-state index contributed by atoms with van der Waals surface area (Å²) >= 11 is 0. The zero-order valence-corrected chi connectivity index (χ0v) is 18.2. The van der Waals surface area contributed by atoms with Crippen LogP contribution in [-0.4, -0.2) is 51.4 Å². The molecule has 1 fully saturated rings. The molecule has 0 spiro atoms. The molecule has 0 saturated carbocycles. The summed E-state index contributed by atoms with van der Waals surface area (Å²) in [7, 11) is 0. The molecule has 2 aliphatic heterocycles. The number of aliphatic imine (C=N–C) groups is 1. The number of aryl methyl sites for hydroxylation is 1. The van der Waals surface area contributed by atoms with E-state index >= 15 is 0 Å².